The van der Waals surface area contributed by atoms with E-state index < -0.39 is 0 Å². The Hall–Kier alpha value is -1.36. The van der Waals surface area contributed by atoms with Crippen molar-refractivity contribution in [1.29, 1.82) is 0 Å². The molecule has 0 aliphatic carbocycles. The van der Waals surface area contributed by atoms with Crippen LogP contribution in [0.5, 0.6) is 0 Å². The van der Waals surface area contributed by atoms with Crippen molar-refractivity contribution in [2.75, 3.05) is 0 Å². The van der Waals surface area contributed by atoms with Crippen LogP contribution in [0.25, 0.3) is 21.7 Å². The van der Waals surface area contributed by atoms with E-state index >= 15 is 0 Å². The van der Waals surface area contributed by atoms with Crippen molar-refractivity contribution in [3.05, 3.63) is 39.7 Å². The number of halogens is 1. The molecule has 0 radical (unpaired) electrons. The zero-order chi connectivity index (χ0) is 15.0. The van der Waals surface area contributed by atoms with Crippen LogP contribution in [-0.2, 0) is 13.1 Å². The zero-order valence-electron chi connectivity index (χ0n) is 12.2. The van der Waals surface area contributed by atoms with Gasteiger partial charge in [0, 0.05) is 13.1 Å². The number of rotatable bonds is 4. The summed E-state index contributed by atoms with van der Waals surface area (Å²) in [6.45, 7) is 5.67. The number of aryl methyl sites for hydroxylation is 2. The molecule has 0 fully saturated rings. The lowest BCUT2D eigenvalue weighted by molar-refractivity contribution is 0.705. The van der Waals surface area contributed by atoms with E-state index in [0.29, 0.717) is 6.54 Å². The van der Waals surface area contributed by atoms with E-state index in [1.165, 1.54) is 0 Å². The summed E-state index contributed by atoms with van der Waals surface area (Å²) < 4.78 is 2.26. The first-order valence-electron chi connectivity index (χ1n) is 7.09. The van der Waals surface area contributed by atoms with E-state index in [2.05, 4.69) is 35.1 Å². The number of benzene rings is 1. The molecule has 3 nitrogen and oxygen atoms in total. The van der Waals surface area contributed by atoms with Crippen LogP contribution in [0.1, 0.15) is 24.5 Å². The van der Waals surface area contributed by atoms with Gasteiger partial charge in [-0.1, -0.05) is 24.6 Å². The highest BCUT2D eigenvalue weighted by Gasteiger charge is 2.17. The zero-order valence-corrected chi connectivity index (χ0v) is 13.8. The Morgan fingerprint density at radius 3 is 2.81 bits per heavy atom. The fourth-order valence-electron chi connectivity index (χ4n) is 2.51. The summed E-state index contributed by atoms with van der Waals surface area (Å²) in [6.07, 6.45) is 1.05. The molecule has 21 heavy (non-hydrogen) atoms. The molecule has 0 spiro atoms. The number of aromatic nitrogens is 2. The van der Waals surface area contributed by atoms with E-state index in [9.17, 15) is 0 Å². The summed E-state index contributed by atoms with van der Waals surface area (Å²) in [5.41, 5.74) is 10.1. The van der Waals surface area contributed by atoms with E-state index in [0.717, 1.165) is 50.9 Å². The van der Waals surface area contributed by atoms with Gasteiger partial charge < -0.3 is 10.3 Å². The number of hydrogen-bond acceptors (Lipinski definition) is 3. The average Bonchev–Trinajstić information content (AvgIpc) is 3.00. The second-order valence-corrected chi connectivity index (χ2v) is 6.43. The molecule has 110 valence electrons. The normalized spacial score (nSPS) is 11.4. The lowest BCUT2D eigenvalue weighted by Crippen LogP contribution is -1.99. The van der Waals surface area contributed by atoms with Crippen molar-refractivity contribution in [3.8, 4) is 10.7 Å². The van der Waals surface area contributed by atoms with Gasteiger partial charge in [0.15, 0.2) is 5.82 Å². The number of fused-ring (bicyclic) bond motifs is 1. The Labute approximate surface area is 133 Å². The highest BCUT2D eigenvalue weighted by Crippen LogP contribution is 2.37. The molecule has 0 amide bonds. The Balaban J connectivity index is 2.25. The van der Waals surface area contributed by atoms with Crippen LogP contribution >= 0.6 is 22.9 Å². The van der Waals surface area contributed by atoms with Crippen LogP contribution in [0.15, 0.2) is 23.6 Å². The minimum absolute atomic E-state index is 0.533. The molecule has 0 saturated heterocycles. The first-order valence-corrected chi connectivity index (χ1v) is 8.34. The second kappa shape index (κ2) is 5.79. The molecule has 0 atom stereocenters. The van der Waals surface area contributed by atoms with Crippen LogP contribution in [0.4, 0.5) is 0 Å². The molecule has 2 heterocycles. The van der Waals surface area contributed by atoms with Crippen molar-refractivity contribution in [1.82, 2.24) is 9.55 Å². The third-order valence-corrected chi connectivity index (χ3v) is 5.29. The van der Waals surface area contributed by atoms with Gasteiger partial charge in [-0.25, -0.2) is 4.98 Å². The summed E-state index contributed by atoms with van der Waals surface area (Å²) in [5.74, 6) is 0.962. The highest BCUT2D eigenvalue weighted by atomic mass is 35.5. The lowest BCUT2D eigenvalue weighted by Gasteiger charge is -2.07. The van der Waals surface area contributed by atoms with E-state index in [4.69, 9.17) is 22.3 Å². The molecule has 3 aromatic rings. The van der Waals surface area contributed by atoms with Crippen molar-refractivity contribution >= 4 is 34.0 Å². The topological polar surface area (TPSA) is 43.8 Å². The fraction of sp³-hybridized carbons (Fsp3) is 0.312. The molecule has 2 N–H and O–H groups in total. The molecule has 1 aromatic carbocycles. The number of thiophene rings is 1. The highest BCUT2D eigenvalue weighted by molar-refractivity contribution is 7.14. The number of nitrogens with two attached hydrogens (primary N) is 1. The van der Waals surface area contributed by atoms with Gasteiger partial charge in [-0.05, 0) is 42.0 Å². The standard InChI is InChI=1S/C16H18ClN3S/c1-3-6-20-13-5-4-11(8-18)7-12(13)19-16(20)15-14(17)10(2)9-21-15/h4-5,7,9H,3,6,8,18H2,1-2H3. The predicted molar refractivity (Wildman–Crippen MR) is 91.0 cm³/mol. The Morgan fingerprint density at radius 2 is 2.19 bits per heavy atom. The van der Waals surface area contributed by atoms with Gasteiger partial charge in [-0.3, -0.25) is 0 Å². The predicted octanol–water partition coefficient (Wildman–Crippen LogP) is 4.60. The van der Waals surface area contributed by atoms with Crippen LogP contribution in [0.3, 0.4) is 0 Å². The van der Waals surface area contributed by atoms with Crippen LogP contribution < -0.4 is 5.73 Å². The molecule has 3 rings (SSSR count). The van der Waals surface area contributed by atoms with Gasteiger partial charge in [0.25, 0.3) is 0 Å². The first kappa shape index (κ1) is 14.6. The van der Waals surface area contributed by atoms with Gasteiger partial charge in [0.2, 0.25) is 0 Å². The third-order valence-electron chi connectivity index (χ3n) is 3.60. The third kappa shape index (κ3) is 2.48. The number of nitrogens with zero attached hydrogens (tertiary/aromatic N) is 2. The first-order chi connectivity index (χ1) is 10.2. The minimum Gasteiger partial charge on any atom is -0.326 e. The van der Waals surface area contributed by atoms with Gasteiger partial charge in [-0.2, -0.15) is 0 Å². The van der Waals surface area contributed by atoms with Crippen LogP contribution in [0.2, 0.25) is 5.02 Å². The molecule has 2 aromatic heterocycles. The molecule has 0 unspecified atom stereocenters. The van der Waals surface area contributed by atoms with Crippen molar-refractivity contribution in [2.45, 2.75) is 33.4 Å². The maximum absolute atomic E-state index is 6.44. The van der Waals surface area contributed by atoms with Gasteiger partial charge in [-0.15, -0.1) is 11.3 Å². The smallest absolute Gasteiger partial charge is 0.152 e. The maximum atomic E-state index is 6.44. The van der Waals surface area contributed by atoms with E-state index in [1.54, 1.807) is 11.3 Å². The second-order valence-electron chi connectivity index (χ2n) is 5.18. The molecular weight excluding hydrogens is 302 g/mol. The summed E-state index contributed by atoms with van der Waals surface area (Å²) in [6, 6.07) is 6.25. The SMILES string of the molecule is CCCn1c(-c2scc(C)c2Cl)nc2cc(CN)ccc21. The molecule has 0 aliphatic heterocycles. The molecule has 0 saturated carbocycles. The number of hydrogen-bond donors (Lipinski definition) is 1. The van der Waals surface area contributed by atoms with Crippen LogP contribution in [-0.4, -0.2) is 9.55 Å². The quantitative estimate of drug-likeness (QED) is 0.764. The minimum atomic E-state index is 0.533. The number of imidazole rings is 1. The molecule has 0 bridgehead atoms. The Bertz CT molecular complexity index is 788. The van der Waals surface area contributed by atoms with Crippen molar-refractivity contribution < 1.29 is 0 Å². The van der Waals surface area contributed by atoms with E-state index in [1.807, 2.05) is 6.92 Å². The fourth-order valence-corrected chi connectivity index (χ4v) is 3.78. The Kier molecular flexibility index (Phi) is 4.02. The van der Waals surface area contributed by atoms with Gasteiger partial charge >= 0.3 is 0 Å². The molecular formula is C16H18ClN3S. The molecule has 5 heteroatoms. The van der Waals surface area contributed by atoms with E-state index in [-0.39, 0.29) is 0 Å². The lowest BCUT2D eigenvalue weighted by atomic mass is 10.2. The maximum Gasteiger partial charge on any atom is 0.152 e. The summed E-state index contributed by atoms with van der Waals surface area (Å²) in [5, 5.41) is 2.89. The van der Waals surface area contributed by atoms with Crippen molar-refractivity contribution in [3.63, 3.8) is 0 Å². The largest absolute Gasteiger partial charge is 0.326 e. The van der Waals surface area contributed by atoms with Gasteiger partial charge in [0.05, 0.1) is 20.9 Å². The Morgan fingerprint density at radius 1 is 1.38 bits per heavy atom. The summed E-state index contributed by atoms with van der Waals surface area (Å²) in [7, 11) is 0. The summed E-state index contributed by atoms with van der Waals surface area (Å²) >= 11 is 8.09. The van der Waals surface area contributed by atoms with Gasteiger partial charge in [0.1, 0.15) is 0 Å². The monoisotopic (exact) mass is 319 g/mol. The van der Waals surface area contributed by atoms with Crippen molar-refractivity contribution in [2.24, 2.45) is 5.73 Å². The molecule has 0 aliphatic rings. The summed E-state index contributed by atoms with van der Waals surface area (Å²) in [4.78, 5) is 5.87. The van der Waals surface area contributed by atoms with Crippen LogP contribution in [0, 0.1) is 6.92 Å². The average molecular weight is 320 g/mol.